The molecule has 0 spiro atoms. The number of halogens is 3. The van der Waals surface area contributed by atoms with Crippen molar-refractivity contribution in [2.24, 2.45) is 0 Å². The summed E-state index contributed by atoms with van der Waals surface area (Å²) in [6.07, 6.45) is -0.155. The number of anilines is 2. The fourth-order valence-corrected chi connectivity index (χ4v) is 4.95. The Morgan fingerprint density at radius 3 is 2.42 bits per heavy atom. The van der Waals surface area contributed by atoms with Crippen molar-refractivity contribution in [1.29, 1.82) is 0 Å². The van der Waals surface area contributed by atoms with Gasteiger partial charge in [-0.25, -0.2) is 13.8 Å². The average molecular weight is 600 g/mol. The number of alkyl halides is 2. The summed E-state index contributed by atoms with van der Waals surface area (Å²) in [7, 11) is 0. The number of carboxylic acids is 1. The second kappa shape index (κ2) is 11.8. The molecule has 38 heavy (non-hydrogen) atoms. The zero-order chi connectivity index (χ0) is 27.3. The second-order valence-electron chi connectivity index (χ2n) is 8.64. The maximum atomic E-state index is 13.8. The molecule has 10 heteroatoms. The number of carbonyl (C=O) groups excluding carboxylic acids is 1. The summed E-state index contributed by atoms with van der Waals surface area (Å²) in [4.78, 5) is 29.7. The maximum absolute atomic E-state index is 13.8. The zero-order valence-electron chi connectivity index (χ0n) is 20.3. The highest BCUT2D eigenvalue weighted by molar-refractivity contribution is 9.10. The predicted octanol–water partition coefficient (Wildman–Crippen LogP) is 7.23. The molecule has 1 aromatic heterocycles. The molecule has 4 rings (SSSR count). The lowest BCUT2D eigenvalue weighted by atomic mass is 10.1. The Bertz CT molecular complexity index is 1420. The fraction of sp³-hybridized carbons (Fsp3) is 0.179. The van der Waals surface area contributed by atoms with Crippen molar-refractivity contribution in [3.8, 4) is 11.3 Å². The third-order valence-electron chi connectivity index (χ3n) is 5.71. The first kappa shape index (κ1) is 27.4. The lowest BCUT2D eigenvalue weighted by Crippen LogP contribution is -2.26. The molecule has 0 radical (unpaired) electrons. The van der Waals surface area contributed by atoms with Gasteiger partial charge in [0.25, 0.3) is 11.8 Å². The molecule has 1 amide bonds. The summed E-state index contributed by atoms with van der Waals surface area (Å²) in [6.45, 7) is 1.29. The number of benzene rings is 3. The lowest BCUT2D eigenvalue weighted by molar-refractivity contribution is -0.136. The van der Waals surface area contributed by atoms with E-state index < -0.39 is 11.9 Å². The third-order valence-corrected chi connectivity index (χ3v) is 7.07. The Morgan fingerprint density at radius 2 is 1.79 bits per heavy atom. The average Bonchev–Trinajstić information content (AvgIpc) is 3.37. The number of carboxylic acid groups (broad SMARTS) is 1. The zero-order valence-corrected chi connectivity index (χ0v) is 22.7. The van der Waals surface area contributed by atoms with E-state index in [1.165, 1.54) is 23.5 Å². The molecule has 0 fully saturated rings. The van der Waals surface area contributed by atoms with Crippen LogP contribution in [-0.2, 0) is 17.3 Å². The molecule has 0 saturated carbocycles. The molecule has 0 aliphatic carbocycles. The quantitative estimate of drug-likeness (QED) is 0.201. The van der Waals surface area contributed by atoms with Crippen LogP contribution in [0.5, 0.6) is 0 Å². The highest BCUT2D eigenvalue weighted by atomic mass is 79.9. The molecule has 2 N–H and O–H groups in total. The first-order valence-corrected chi connectivity index (χ1v) is 13.3. The van der Waals surface area contributed by atoms with Gasteiger partial charge in [-0.15, -0.1) is 11.3 Å². The monoisotopic (exact) mass is 599 g/mol. The number of rotatable bonds is 10. The highest BCUT2D eigenvalue weighted by Gasteiger charge is 2.24. The van der Waals surface area contributed by atoms with Gasteiger partial charge in [0.05, 0.1) is 18.7 Å². The van der Waals surface area contributed by atoms with Crippen molar-refractivity contribution in [3.63, 3.8) is 0 Å². The first-order valence-electron chi connectivity index (χ1n) is 11.7. The van der Waals surface area contributed by atoms with Crippen LogP contribution in [0.3, 0.4) is 0 Å². The van der Waals surface area contributed by atoms with Gasteiger partial charge in [0, 0.05) is 45.7 Å². The molecule has 0 atom stereocenters. The van der Waals surface area contributed by atoms with Gasteiger partial charge < -0.3 is 15.3 Å². The van der Waals surface area contributed by atoms with Gasteiger partial charge in [-0.1, -0.05) is 52.3 Å². The summed E-state index contributed by atoms with van der Waals surface area (Å²) in [5.41, 5.74) is 3.64. The van der Waals surface area contributed by atoms with Gasteiger partial charge in [0.15, 0.2) is 5.13 Å². The van der Waals surface area contributed by atoms with Crippen molar-refractivity contribution in [3.05, 3.63) is 99.3 Å². The number of amides is 1. The molecule has 6 nitrogen and oxygen atoms in total. The van der Waals surface area contributed by atoms with Crippen LogP contribution in [0.2, 0.25) is 0 Å². The fourth-order valence-electron chi connectivity index (χ4n) is 3.70. The Morgan fingerprint density at radius 1 is 1.08 bits per heavy atom. The van der Waals surface area contributed by atoms with Crippen LogP contribution in [0, 0.1) is 0 Å². The predicted molar refractivity (Wildman–Crippen MR) is 148 cm³/mol. The van der Waals surface area contributed by atoms with Crippen molar-refractivity contribution < 1.29 is 23.5 Å². The van der Waals surface area contributed by atoms with Crippen molar-refractivity contribution in [2.45, 2.75) is 25.8 Å². The minimum Gasteiger partial charge on any atom is -0.481 e. The topological polar surface area (TPSA) is 82.5 Å². The van der Waals surface area contributed by atoms with Crippen LogP contribution in [0.4, 0.5) is 19.6 Å². The van der Waals surface area contributed by atoms with Crippen molar-refractivity contribution in [2.75, 3.05) is 11.4 Å². The normalized spacial score (nSPS) is 11.3. The lowest BCUT2D eigenvalue weighted by Gasteiger charge is -2.23. The Kier molecular flexibility index (Phi) is 8.53. The molecule has 0 aliphatic rings. The molecule has 0 saturated heterocycles. The van der Waals surface area contributed by atoms with Crippen molar-refractivity contribution >= 4 is 50.0 Å². The Balaban J connectivity index is 1.60. The highest BCUT2D eigenvalue weighted by Crippen LogP contribution is 2.36. The molecule has 0 unspecified atom stereocenters. The van der Waals surface area contributed by atoms with Crippen LogP contribution < -0.4 is 10.2 Å². The number of nitrogens with zero attached hydrogens (tertiary/aromatic N) is 2. The molecule has 1 heterocycles. The van der Waals surface area contributed by atoms with Gasteiger partial charge >= 0.3 is 5.97 Å². The summed E-state index contributed by atoms with van der Waals surface area (Å²) < 4.78 is 28.6. The molecule has 0 aliphatic heterocycles. The maximum Gasteiger partial charge on any atom is 0.305 e. The summed E-state index contributed by atoms with van der Waals surface area (Å²) >= 11 is 4.93. The van der Waals surface area contributed by atoms with Gasteiger partial charge in [-0.3, -0.25) is 9.59 Å². The number of aromatic nitrogens is 1. The second-order valence-corrected chi connectivity index (χ2v) is 10.4. The molecule has 0 bridgehead atoms. The standard InChI is InChI=1S/C28H24BrF2N3O3S/c1-28(30,31)21-9-11-23(12-10-21)34(27-33-24(17-38-27)20-3-2-4-22(29)15-20)16-18-5-7-19(8-6-18)26(37)32-14-13-25(35)36/h2-12,15,17H,13-14,16H2,1H3,(H,32,37)(H,35,36). The SMILES string of the molecule is CC(F)(F)c1ccc(N(Cc2ccc(C(=O)NCCC(=O)O)cc2)c2nc(-c3cccc(Br)c3)cs2)cc1. The Labute approximate surface area is 231 Å². The van der Waals surface area contributed by atoms with Crippen molar-refractivity contribution in [1.82, 2.24) is 10.3 Å². The van der Waals surface area contributed by atoms with Gasteiger partial charge in [0.2, 0.25) is 0 Å². The largest absolute Gasteiger partial charge is 0.481 e. The molecule has 4 aromatic rings. The van der Waals surface area contributed by atoms with Crippen LogP contribution in [0.15, 0.2) is 82.6 Å². The van der Waals surface area contributed by atoms with E-state index in [0.717, 1.165) is 28.2 Å². The van der Waals surface area contributed by atoms with E-state index in [0.29, 0.717) is 22.9 Å². The van der Waals surface area contributed by atoms with Gasteiger partial charge in [-0.05, 0) is 42.0 Å². The van der Waals surface area contributed by atoms with E-state index in [9.17, 15) is 18.4 Å². The van der Waals surface area contributed by atoms with Gasteiger partial charge in [-0.2, -0.15) is 0 Å². The smallest absolute Gasteiger partial charge is 0.305 e. The molecular formula is C28H24BrF2N3O3S. The number of hydrogen-bond acceptors (Lipinski definition) is 5. The van der Waals surface area contributed by atoms with E-state index in [4.69, 9.17) is 10.1 Å². The summed E-state index contributed by atoms with van der Waals surface area (Å²) in [5.74, 6) is -4.29. The molecule has 3 aromatic carbocycles. The minimum atomic E-state index is -2.95. The van der Waals surface area contributed by atoms with E-state index >= 15 is 0 Å². The van der Waals surface area contributed by atoms with Crippen LogP contribution in [0.1, 0.15) is 34.8 Å². The summed E-state index contributed by atoms with van der Waals surface area (Å²) in [5, 5.41) is 14.0. The Hall–Kier alpha value is -3.63. The van der Waals surface area contributed by atoms with E-state index in [2.05, 4.69) is 21.2 Å². The molecule has 196 valence electrons. The number of nitrogens with one attached hydrogen (secondary N) is 1. The molecular weight excluding hydrogens is 576 g/mol. The van der Waals surface area contributed by atoms with E-state index in [-0.39, 0.29) is 24.4 Å². The number of thiazole rings is 1. The van der Waals surface area contributed by atoms with Crippen LogP contribution in [0.25, 0.3) is 11.3 Å². The van der Waals surface area contributed by atoms with Crippen LogP contribution in [-0.4, -0.2) is 28.5 Å². The number of carbonyl (C=O) groups is 2. The summed E-state index contributed by atoms with van der Waals surface area (Å²) in [6, 6.07) is 20.9. The number of aliphatic carboxylic acids is 1. The first-order chi connectivity index (χ1) is 18.1. The van der Waals surface area contributed by atoms with E-state index in [1.807, 2.05) is 34.5 Å². The van der Waals surface area contributed by atoms with Gasteiger partial charge in [0.1, 0.15) is 0 Å². The third kappa shape index (κ3) is 7.02. The number of hydrogen-bond donors (Lipinski definition) is 2. The van der Waals surface area contributed by atoms with E-state index in [1.54, 1.807) is 36.4 Å². The van der Waals surface area contributed by atoms with Crippen LogP contribution >= 0.6 is 27.3 Å². The minimum absolute atomic E-state index is 0.0425.